The minimum Gasteiger partial charge on any atom is -0.478 e. The fraction of sp³-hybridized carbons (Fsp3) is 0.259. The number of aromatic nitrogens is 1. The Labute approximate surface area is 215 Å². The Morgan fingerprint density at radius 2 is 1.92 bits per heavy atom. The van der Waals surface area contributed by atoms with Gasteiger partial charge in [0.05, 0.1) is 34.0 Å². The molecule has 1 N–H and O–H groups in total. The summed E-state index contributed by atoms with van der Waals surface area (Å²) in [5.41, 5.74) is 2.10. The molecule has 0 unspecified atom stereocenters. The van der Waals surface area contributed by atoms with Crippen LogP contribution >= 0.6 is 11.3 Å². The van der Waals surface area contributed by atoms with Crippen molar-refractivity contribution >= 4 is 29.4 Å². The lowest BCUT2D eigenvalue weighted by Gasteiger charge is -2.25. The van der Waals surface area contributed by atoms with E-state index < -0.39 is 18.0 Å². The van der Waals surface area contributed by atoms with Crippen molar-refractivity contribution in [3.8, 4) is 11.5 Å². The third-order valence-electron chi connectivity index (χ3n) is 6.06. The van der Waals surface area contributed by atoms with Gasteiger partial charge < -0.3 is 19.3 Å². The number of fused-ring (bicyclic) bond motifs is 2. The van der Waals surface area contributed by atoms with Crippen LogP contribution in [-0.2, 0) is 9.53 Å². The highest BCUT2D eigenvalue weighted by atomic mass is 32.1. The Morgan fingerprint density at radius 1 is 1.16 bits per heavy atom. The number of esters is 1. The van der Waals surface area contributed by atoms with Crippen LogP contribution in [0.5, 0.6) is 11.5 Å². The first-order chi connectivity index (χ1) is 17.9. The molecule has 0 amide bonds. The average molecular weight is 521 g/mol. The monoisotopic (exact) mass is 520 g/mol. The molecule has 0 aliphatic carbocycles. The van der Waals surface area contributed by atoms with E-state index in [0.29, 0.717) is 49.7 Å². The number of benzene rings is 2. The molecular weight excluding hydrogens is 496 g/mol. The molecule has 10 heteroatoms. The minimum atomic E-state index is -1.02. The summed E-state index contributed by atoms with van der Waals surface area (Å²) in [6.07, 6.45) is 2.98. The summed E-state index contributed by atoms with van der Waals surface area (Å²) in [5, 5.41) is 9.16. The van der Waals surface area contributed by atoms with E-state index in [9.17, 15) is 14.4 Å². The molecule has 0 saturated heterocycles. The maximum Gasteiger partial charge on any atom is 0.338 e. The number of hydrogen-bond acceptors (Lipinski definition) is 8. The maximum absolute atomic E-state index is 13.8. The molecule has 0 saturated carbocycles. The van der Waals surface area contributed by atoms with Crippen LogP contribution in [0.1, 0.15) is 54.2 Å². The second-order valence-corrected chi connectivity index (χ2v) is 9.46. The molecule has 0 bridgehead atoms. The summed E-state index contributed by atoms with van der Waals surface area (Å²) >= 11 is 1.22. The number of carboxylic acids is 1. The number of thiazole rings is 1. The van der Waals surface area contributed by atoms with Crippen LogP contribution in [0.4, 0.5) is 0 Å². The van der Waals surface area contributed by atoms with E-state index in [-0.39, 0.29) is 24.5 Å². The van der Waals surface area contributed by atoms with Gasteiger partial charge in [-0.25, -0.2) is 14.6 Å². The molecule has 2 aliphatic heterocycles. The van der Waals surface area contributed by atoms with Crippen molar-refractivity contribution in [1.29, 1.82) is 0 Å². The largest absolute Gasteiger partial charge is 0.478 e. The normalized spacial score (nSPS) is 16.4. The lowest BCUT2D eigenvalue weighted by molar-refractivity contribution is -0.139. The number of carbonyl (C=O) groups excluding carboxylic acids is 1. The number of allylic oxidation sites excluding steroid dienone is 1. The SMILES string of the molecule is CCCC1=C(C(=O)OCC)[C@@H](c2ccc3c(c2)OCO3)n2c(s/c(=C\c3ccc(C(=O)O)cc3)c2=O)=N1. The molecule has 0 radical (unpaired) electrons. The van der Waals surface area contributed by atoms with Gasteiger partial charge in [0, 0.05) is 0 Å². The molecule has 5 rings (SSSR count). The van der Waals surface area contributed by atoms with Gasteiger partial charge in [-0.15, -0.1) is 0 Å². The van der Waals surface area contributed by atoms with Gasteiger partial charge in [-0.1, -0.05) is 42.9 Å². The zero-order chi connectivity index (χ0) is 26.1. The molecule has 3 aromatic rings. The lowest BCUT2D eigenvalue weighted by atomic mass is 9.94. The van der Waals surface area contributed by atoms with Crippen molar-refractivity contribution in [2.45, 2.75) is 32.7 Å². The lowest BCUT2D eigenvalue weighted by Crippen LogP contribution is -2.40. The van der Waals surface area contributed by atoms with Crippen LogP contribution < -0.4 is 24.4 Å². The van der Waals surface area contributed by atoms with Gasteiger partial charge in [-0.3, -0.25) is 9.36 Å². The zero-order valence-corrected chi connectivity index (χ0v) is 21.0. The van der Waals surface area contributed by atoms with Gasteiger partial charge in [-0.2, -0.15) is 0 Å². The Kier molecular flexibility index (Phi) is 6.66. The zero-order valence-electron chi connectivity index (χ0n) is 20.2. The molecule has 3 heterocycles. The van der Waals surface area contributed by atoms with E-state index in [1.165, 1.54) is 28.0 Å². The van der Waals surface area contributed by atoms with Crippen LogP contribution in [-0.4, -0.2) is 35.0 Å². The van der Waals surface area contributed by atoms with Crippen LogP contribution in [0, 0.1) is 0 Å². The molecule has 0 spiro atoms. The van der Waals surface area contributed by atoms with Crippen LogP contribution in [0.25, 0.3) is 6.08 Å². The first-order valence-electron chi connectivity index (χ1n) is 11.9. The van der Waals surface area contributed by atoms with Crippen molar-refractivity contribution in [3.05, 3.63) is 90.1 Å². The molecule has 37 heavy (non-hydrogen) atoms. The average Bonchev–Trinajstić information content (AvgIpc) is 3.47. The fourth-order valence-corrected chi connectivity index (χ4v) is 5.41. The standard InChI is InChI=1S/C27H24N2O7S/c1-3-5-18-22(26(33)34-4-2)23(17-10-11-19-20(13-17)36-14-35-19)29-24(30)21(37-27(29)28-18)12-15-6-8-16(9-7-15)25(31)32/h6-13,23H,3-5,14H2,1-2H3,(H,31,32)/b21-12-/t23-/m1/s1. The van der Waals surface area contributed by atoms with Crippen molar-refractivity contribution in [3.63, 3.8) is 0 Å². The van der Waals surface area contributed by atoms with E-state index in [0.717, 1.165) is 6.42 Å². The number of rotatable bonds is 7. The molecule has 0 fully saturated rings. The van der Waals surface area contributed by atoms with Gasteiger partial charge in [0.1, 0.15) is 0 Å². The summed E-state index contributed by atoms with van der Waals surface area (Å²) in [7, 11) is 0. The van der Waals surface area contributed by atoms with Gasteiger partial charge >= 0.3 is 11.9 Å². The predicted octanol–water partition coefficient (Wildman–Crippen LogP) is 3.01. The third kappa shape index (κ3) is 4.55. The molecule has 2 aromatic carbocycles. The summed E-state index contributed by atoms with van der Waals surface area (Å²) in [4.78, 5) is 43.4. The Bertz CT molecular complexity index is 1600. The van der Waals surface area contributed by atoms with Gasteiger partial charge in [0.15, 0.2) is 16.3 Å². The second kappa shape index (κ2) is 10.1. The summed E-state index contributed by atoms with van der Waals surface area (Å²) in [6, 6.07) is 10.9. The number of nitrogens with zero attached hydrogens (tertiary/aromatic N) is 2. The number of ether oxygens (including phenoxy) is 3. The molecule has 1 aromatic heterocycles. The number of aromatic carboxylic acids is 1. The van der Waals surface area contributed by atoms with E-state index in [1.807, 2.05) is 13.0 Å². The first kappa shape index (κ1) is 24.5. The smallest absolute Gasteiger partial charge is 0.338 e. The van der Waals surface area contributed by atoms with E-state index >= 15 is 0 Å². The van der Waals surface area contributed by atoms with Gasteiger partial charge in [0.2, 0.25) is 6.79 Å². The molecular formula is C27H24N2O7S. The Hall–Kier alpha value is -4.18. The Balaban J connectivity index is 1.72. The van der Waals surface area contributed by atoms with Crippen molar-refractivity contribution in [2.75, 3.05) is 13.4 Å². The number of carboxylic acid groups (broad SMARTS) is 1. The molecule has 1 atom stereocenters. The highest BCUT2D eigenvalue weighted by Crippen LogP contribution is 2.38. The van der Waals surface area contributed by atoms with Gasteiger partial charge in [0.25, 0.3) is 5.56 Å². The fourth-order valence-electron chi connectivity index (χ4n) is 4.39. The second-order valence-electron chi connectivity index (χ2n) is 8.45. The number of hydrogen-bond donors (Lipinski definition) is 1. The third-order valence-corrected chi connectivity index (χ3v) is 7.04. The number of carbonyl (C=O) groups is 2. The van der Waals surface area contributed by atoms with Crippen molar-refractivity contribution in [2.24, 2.45) is 4.99 Å². The molecule has 190 valence electrons. The van der Waals surface area contributed by atoms with Crippen molar-refractivity contribution in [1.82, 2.24) is 4.57 Å². The first-order valence-corrected chi connectivity index (χ1v) is 12.7. The quantitative estimate of drug-likeness (QED) is 0.476. The van der Waals surface area contributed by atoms with Crippen LogP contribution in [0.3, 0.4) is 0 Å². The van der Waals surface area contributed by atoms with Crippen LogP contribution in [0.15, 0.2) is 63.5 Å². The topological polar surface area (TPSA) is 116 Å². The van der Waals surface area contributed by atoms with E-state index in [1.54, 1.807) is 37.3 Å². The van der Waals surface area contributed by atoms with E-state index in [2.05, 4.69) is 0 Å². The predicted molar refractivity (Wildman–Crippen MR) is 136 cm³/mol. The minimum absolute atomic E-state index is 0.101. The van der Waals surface area contributed by atoms with Gasteiger partial charge in [-0.05, 0) is 54.8 Å². The summed E-state index contributed by atoms with van der Waals surface area (Å²) < 4.78 is 18.4. The molecule has 9 nitrogen and oxygen atoms in total. The Morgan fingerprint density at radius 3 is 2.62 bits per heavy atom. The van der Waals surface area contributed by atoms with Crippen molar-refractivity contribution < 1.29 is 28.9 Å². The highest BCUT2D eigenvalue weighted by Gasteiger charge is 2.35. The summed E-state index contributed by atoms with van der Waals surface area (Å²) in [5.74, 6) is -0.410. The maximum atomic E-state index is 13.8. The highest BCUT2D eigenvalue weighted by molar-refractivity contribution is 7.07. The molecule has 2 aliphatic rings. The van der Waals surface area contributed by atoms with Crippen LogP contribution in [0.2, 0.25) is 0 Å². The van der Waals surface area contributed by atoms with E-state index in [4.69, 9.17) is 24.3 Å². The summed E-state index contributed by atoms with van der Waals surface area (Å²) in [6.45, 7) is 4.02.